The fraction of sp³-hybridized carbons (Fsp3) is 0.553. The molecule has 1 unspecified atom stereocenters. The molecule has 5 fully saturated rings. The van der Waals surface area contributed by atoms with E-state index in [1.807, 2.05) is 25.2 Å². The van der Waals surface area contributed by atoms with Crippen LogP contribution >= 0.6 is 18.9 Å². The minimum Gasteiger partial charge on any atom is -0.340 e. The number of hydrogen-bond donors (Lipinski definition) is 3. The Bertz CT molecular complexity index is 1920. The summed E-state index contributed by atoms with van der Waals surface area (Å²) in [4.78, 5) is 68.0. The zero-order valence-corrected chi connectivity index (χ0v) is 30.8. The van der Waals surface area contributed by atoms with Crippen LogP contribution in [0.1, 0.15) is 96.8 Å². The van der Waals surface area contributed by atoms with Crippen molar-refractivity contribution in [2.45, 2.75) is 118 Å². The molecule has 3 amide bonds. The van der Waals surface area contributed by atoms with Gasteiger partial charge in [-0.05, 0) is 106 Å². The summed E-state index contributed by atoms with van der Waals surface area (Å²) in [7, 11) is -2.99. The Morgan fingerprint density at radius 2 is 1.77 bits per heavy atom. The summed E-state index contributed by atoms with van der Waals surface area (Å²) in [5.74, 6) is -3.00. The van der Waals surface area contributed by atoms with Crippen molar-refractivity contribution in [2.75, 3.05) is 13.6 Å². The zero-order chi connectivity index (χ0) is 36.5. The van der Waals surface area contributed by atoms with Gasteiger partial charge in [-0.25, -0.2) is 8.78 Å². The minimum absolute atomic E-state index is 0.0108. The van der Waals surface area contributed by atoms with E-state index in [0.29, 0.717) is 61.6 Å². The van der Waals surface area contributed by atoms with Crippen LogP contribution < -0.4 is 5.32 Å². The highest BCUT2D eigenvalue weighted by Gasteiger charge is 2.58. The van der Waals surface area contributed by atoms with Gasteiger partial charge in [0.1, 0.15) is 18.3 Å². The number of fused-ring (bicyclic) bond motifs is 2. The molecule has 1 spiro atoms. The third-order valence-corrected chi connectivity index (χ3v) is 14.5. The van der Waals surface area contributed by atoms with Crippen molar-refractivity contribution < 1.29 is 37.5 Å². The lowest BCUT2D eigenvalue weighted by atomic mass is 9.86. The van der Waals surface area contributed by atoms with Crippen LogP contribution in [0.2, 0.25) is 0 Å². The fourth-order valence-electron chi connectivity index (χ4n) is 9.30. The van der Waals surface area contributed by atoms with Gasteiger partial charge in [0.05, 0.1) is 4.88 Å². The van der Waals surface area contributed by atoms with E-state index in [4.69, 9.17) is 0 Å². The third kappa shape index (κ3) is 6.61. The van der Waals surface area contributed by atoms with E-state index in [-0.39, 0.29) is 51.8 Å². The lowest BCUT2D eigenvalue weighted by Crippen LogP contribution is -2.59. The molecule has 2 aromatic carbocycles. The fourth-order valence-corrected chi connectivity index (χ4v) is 10.8. The average molecular weight is 755 g/mol. The Hall–Kier alpha value is -3.22. The van der Waals surface area contributed by atoms with Crippen LogP contribution in [0.25, 0.3) is 10.1 Å². The van der Waals surface area contributed by atoms with Crippen LogP contribution in [-0.2, 0) is 14.2 Å². The third-order valence-electron chi connectivity index (χ3n) is 12.5. The lowest BCUT2D eigenvalue weighted by Gasteiger charge is -2.45. The molecule has 2 aliphatic carbocycles. The van der Waals surface area contributed by atoms with Gasteiger partial charge < -0.3 is 29.8 Å². The molecule has 278 valence electrons. The van der Waals surface area contributed by atoms with Gasteiger partial charge >= 0.3 is 7.60 Å². The maximum Gasteiger partial charge on any atom is 0.363 e. The molecule has 6 atom stereocenters. The molecule has 0 radical (unpaired) electrons. The monoisotopic (exact) mass is 754 g/mol. The van der Waals surface area contributed by atoms with Crippen molar-refractivity contribution in [3.05, 3.63) is 70.6 Å². The molecule has 0 bridgehead atoms. The first kappa shape index (κ1) is 35.8. The Labute approximate surface area is 305 Å². The first-order chi connectivity index (χ1) is 24.8. The van der Waals surface area contributed by atoms with Gasteiger partial charge in [0, 0.05) is 40.8 Å². The molecule has 3 aromatic rings. The summed E-state index contributed by atoms with van der Waals surface area (Å²) < 4.78 is 40.5. The van der Waals surface area contributed by atoms with E-state index in [9.17, 15) is 37.5 Å². The second-order valence-corrected chi connectivity index (χ2v) is 18.4. The highest BCUT2D eigenvalue weighted by molar-refractivity contribution is 7.51. The van der Waals surface area contributed by atoms with Crippen LogP contribution in [0.4, 0.5) is 8.78 Å². The molecule has 3 N–H and O–H groups in total. The van der Waals surface area contributed by atoms with Gasteiger partial charge in [-0.3, -0.25) is 18.9 Å². The molecular weight excluding hydrogens is 709 g/mol. The van der Waals surface area contributed by atoms with Crippen molar-refractivity contribution in [2.24, 2.45) is 0 Å². The van der Waals surface area contributed by atoms with Gasteiger partial charge in [-0.2, -0.15) is 0 Å². The van der Waals surface area contributed by atoms with Crippen LogP contribution in [0.5, 0.6) is 0 Å². The highest BCUT2D eigenvalue weighted by atomic mass is 32.1. The zero-order valence-electron chi connectivity index (χ0n) is 29.1. The number of amides is 3. The predicted octanol–water partition coefficient (Wildman–Crippen LogP) is 6.04. The lowest BCUT2D eigenvalue weighted by molar-refractivity contribution is -0.148. The Balaban J connectivity index is 1.05. The first-order valence-electron chi connectivity index (χ1n) is 18.4. The summed E-state index contributed by atoms with van der Waals surface area (Å²) in [6, 6.07) is 14.4. The van der Waals surface area contributed by atoms with Crippen LogP contribution in [-0.4, -0.2) is 97.7 Å². The molecule has 8 rings (SSSR count). The van der Waals surface area contributed by atoms with E-state index in [1.54, 1.807) is 4.90 Å². The number of carbonyl (C=O) groups excluding carboxylic acids is 3. The van der Waals surface area contributed by atoms with E-state index in [1.165, 1.54) is 29.8 Å². The maximum absolute atomic E-state index is 14.6. The van der Waals surface area contributed by atoms with E-state index in [2.05, 4.69) is 27.2 Å². The number of halogens is 2. The summed E-state index contributed by atoms with van der Waals surface area (Å²) >= 11 is 1.14. The second-order valence-electron chi connectivity index (χ2n) is 15.7. The number of carbonyl (C=O) groups is 3. The largest absolute Gasteiger partial charge is 0.363 e. The minimum atomic E-state index is -5.01. The van der Waals surface area contributed by atoms with Gasteiger partial charge in [0.15, 0.2) is 0 Å². The average Bonchev–Trinajstić information content (AvgIpc) is 3.40. The van der Waals surface area contributed by atoms with Crippen LogP contribution in [0.15, 0.2) is 54.6 Å². The van der Waals surface area contributed by atoms with Crippen molar-refractivity contribution in [1.29, 1.82) is 0 Å². The molecule has 14 heteroatoms. The first-order valence-corrected chi connectivity index (χ1v) is 20.9. The van der Waals surface area contributed by atoms with Crippen LogP contribution in [0, 0.1) is 0 Å². The number of likely N-dealkylation sites (tertiary alicyclic amines) is 1. The highest BCUT2D eigenvalue weighted by Crippen LogP contribution is 2.55. The molecule has 5 aliphatic rings. The molecule has 4 heterocycles. The predicted molar refractivity (Wildman–Crippen MR) is 193 cm³/mol. The number of thiophene rings is 1. The molecule has 52 heavy (non-hydrogen) atoms. The SMILES string of the molecule is CN(C1CC(F)C1)[C@H]1CCC(NC(=O)c2cc3cc([C@H](F)P(=O)(O)O)ccc3s2)C(=O)N2[C@H](CC[C@H]2C(=O)N2C[C@H](c3ccccc3)CC23CC3)C1. The summed E-state index contributed by atoms with van der Waals surface area (Å²) in [5, 5.41) is 3.43. The number of rotatable bonds is 8. The van der Waals surface area contributed by atoms with Crippen LogP contribution in [0.3, 0.4) is 0 Å². The summed E-state index contributed by atoms with van der Waals surface area (Å²) in [5.41, 5.74) is 0.873. The number of nitrogens with one attached hydrogen (secondary N) is 1. The Morgan fingerprint density at radius 3 is 2.46 bits per heavy atom. The molecule has 10 nitrogen and oxygen atoms in total. The molecular formula is C38H45F2N4O6PS. The van der Waals surface area contributed by atoms with Gasteiger partial charge in [-0.15, -0.1) is 11.3 Å². The second kappa shape index (κ2) is 13.6. The smallest absolute Gasteiger partial charge is 0.340 e. The molecule has 3 saturated heterocycles. The van der Waals surface area contributed by atoms with E-state index >= 15 is 0 Å². The van der Waals surface area contributed by atoms with Crippen molar-refractivity contribution >= 4 is 46.7 Å². The van der Waals surface area contributed by atoms with Crippen molar-refractivity contribution in [3.8, 4) is 0 Å². The Kier molecular flexibility index (Phi) is 9.34. The molecule has 3 aliphatic heterocycles. The van der Waals surface area contributed by atoms with Gasteiger partial charge in [0.25, 0.3) is 5.91 Å². The number of benzene rings is 2. The van der Waals surface area contributed by atoms with E-state index < -0.39 is 37.7 Å². The van der Waals surface area contributed by atoms with E-state index in [0.717, 1.165) is 30.6 Å². The quantitative estimate of drug-likeness (QED) is 0.239. The normalized spacial score (nSPS) is 30.6. The number of alkyl halides is 2. The Morgan fingerprint density at radius 1 is 1.02 bits per heavy atom. The molecule has 1 aromatic heterocycles. The maximum atomic E-state index is 14.6. The number of hydrogen-bond acceptors (Lipinski definition) is 6. The summed E-state index contributed by atoms with van der Waals surface area (Å²) in [6.07, 6.45) is 5.85. The van der Waals surface area contributed by atoms with Crippen molar-refractivity contribution in [1.82, 2.24) is 20.0 Å². The topological polar surface area (TPSA) is 130 Å². The van der Waals surface area contributed by atoms with Crippen molar-refractivity contribution in [3.63, 3.8) is 0 Å². The van der Waals surface area contributed by atoms with Gasteiger partial charge in [0.2, 0.25) is 17.7 Å². The number of nitrogens with zero attached hydrogens (tertiary/aromatic N) is 3. The standard InChI is InChI=1S/C38H45F2N4O6PS/c1-42(29-17-26(39)18-29)27-8-10-30(41-35(45)33-16-24-15-23(7-12-32(24)52-33)34(40)51(48,49)50)36(46)44-28(19-27)9-11-31(44)37(47)43-21-25(20-38(43)13-14-38)22-5-3-2-4-6-22/h2-7,12,15-16,25-31,34H,8-11,13-14,17-21H2,1H3,(H,41,45)(H2,48,49,50)/t25-,26?,27+,28-,29?,30?,31+,34-/m1/s1. The van der Waals surface area contributed by atoms with Gasteiger partial charge in [-0.1, -0.05) is 36.4 Å². The molecule has 2 saturated carbocycles. The summed E-state index contributed by atoms with van der Waals surface area (Å²) in [6.45, 7) is 0.620.